The zero-order chi connectivity index (χ0) is 37.7. The van der Waals surface area contributed by atoms with Gasteiger partial charge in [0.15, 0.2) is 0 Å². The van der Waals surface area contributed by atoms with Crippen molar-refractivity contribution in [1.82, 2.24) is 40.4 Å². The molecule has 0 unspecified atom stereocenters. The molecule has 16 nitrogen and oxygen atoms in total. The van der Waals surface area contributed by atoms with E-state index in [1.54, 1.807) is 12.4 Å². The second-order valence-electron chi connectivity index (χ2n) is 14.8. The molecule has 2 saturated carbocycles. The van der Waals surface area contributed by atoms with E-state index in [1.807, 2.05) is 48.5 Å². The third-order valence-corrected chi connectivity index (χ3v) is 10.9. The summed E-state index contributed by atoms with van der Waals surface area (Å²) in [6.07, 6.45) is 3.13. The number of nitrogens with one attached hydrogen (secondary N) is 4. The molecule has 8 N–H and O–H groups in total. The molecular weight excluding hydrogens is 696 g/mol. The van der Waals surface area contributed by atoms with E-state index < -0.39 is 48.6 Å². The van der Waals surface area contributed by atoms with E-state index in [1.165, 1.54) is 9.80 Å². The van der Waals surface area contributed by atoms with E-state index in [0.717, 1.165) is 59.3 Å². The Kier molecular flexibility index (Phi) is 9.31. The number of β-amino-alcohol motifs (C(OH)–C–C–N with tert-alkyl or cyclic N) is 2. The number of amides is 4. The van der Waals surface area contributed by atoms with Crippen LogP contribution in [-0.4, -0.2) is 112 Å². The summed E-state index contributed by atoms with van der Waals surface area (Å²) in [6, 6.07) is 13.2. The van der Waals surface area contributed by atoms with Gasteiger partial charge in [-0.3, -0.25) is 9.59 Å². The molecule has 0 radical (unpaired) electrons. The van der Waals surface area contributed by atoms with E-state index in [9.17, 15) is 39.6 Å². The number of aromatic amines is 2. The lowest BCUT2D eigenvalue weighted by Crippen LogP contribution is -2.49. The number of hydrogen-bond acceptors (Lipinski definition) is 8. The largest absolute Gasteiger partial charge is 0.465 e. The maximum absolute atomic E-state index is 13.4. The predicted molar refractivity (Wildman–Crippen MR) is 193 cm³/mol. The van der Waals surface area contributed by atoms with Crippen molar-refractivity contribution in [3.63, 3.8) is 0 Å². The molecule has 8 rings (SSSR count). The number of hydrogen-bond donors (Lipinski definition) is 8. The fourth-order valence-corrected chi connectivity index (χ4v) is 7.87. The van der Waals surface area contributed by atoms with Crippen molar-refractivity contribution in [3.8, 4) is 33.6 Å². The van der Waals surface area contributed by atoms with Gasteiger partial charge >= 0.3 is 12.2 Å². The van der Waals surface area contributed by atoms with Crippen LogP contribution in [0.25, 0.3) is 33.6 Å². The number of likely N-dealkylation sites (tertiary alicyclic amines) is 2. The van der Waals surface area contributed by atoms with E-state index in [2.05, 4.69) is 30.6 Å². The highest BCUT2D eigenvalue weighted by atomic mass is 16.4. The number of carboxylic acid groups (broad SMARTS) is 2. The van der Waals surface area contributed by atoms with Crippen LogP contribution in [-0.2, 0) is 9.59 Å². The van der Waals surface area contributed by atoms with E-state index in [0.29, 0.717) is 24.5 Å². The number of aliphatic hydroxyl groups is 2. The molecule has 2 aliphatic heterocycles. The van der Waals surface area contributed by atoms with Crippen molar-refractivity contribution in [2.45, 2.75) is 74.9 Å². The number of aliphatic hydroxyl groups excluding tert-OH is 2. The van der Waals surface area contributed by atoms with Crippen molar-refractivity contribution in [2.75, 3.05) is 13.1 Å². The fraction of sp³-hybridized carbons (Fsp3) is 0.421. The standard InChI is InChI=1S/C38H42N8O8/c47-25-13-29(45(17-25)35(49)31(23-9-10-23)43-37(51)52)33-39-15-27(41-33)21-5-1-19(2-6-21)20-3-7-22(8-4-20)28-16-40-34(42-28)30-14-26(48)18-46(30)36(50)32(24-11-12-24)44-38(53)54/h1-8,15-16,23-26,29-32,43-44,47-48H,9-14,17-18H2,(H,39,41)(H,40,42)(H,51,52)(H,53,54)/t25-,26-,29+,30+,31+,32+/m1/s1. The SMILES string of the molecule is O=C(O)N[C@H](C(=O)N1C[C@H](O)C[C@H]1c1ncc(-c2ccc(-c3ccc(-c4cnc([C@@H]5C[C@@H](O)CN5C(=O)[C@@H](NC(=O)O)C5CC5)[nH]4)cc3)cc2)[nH]1)C1CC1. The Bertz CT molecular complexity index is 1890. The number of imidazole rings is 2. The molecule has 2 aromatic heterocycles. The predicted octanol–water partition coefficient (Wildman–Crippen LogP) is 3.49. The van der Waals surface area contributed by atoms with E-state index in [4.69, 9.17) is 0 Å². The highest BCUT2D eigenvalue weighted by Crippen LogP contribution is 2.39. The molecule has 4 amide bonds. The Morgan fingerprint density at radius 2 is 0.963 bits per heavy atom. The fourth-order valence-electron chi connectivity index (χ4n) is 7.87. The maximum Gasteiger partial charge on any atom is 0.405 e. The lowest BCUT2D eigenvalue weighted by Gasteiger charge is -2.27. The molecule has 2 aromatic carbocycles. The number of aromatic nitrogens is 4. The van der Waals surface area contributed by atoms with Crippen LogP contribution >= 0.6 is 0 Å². The molecule has 0 bridgehead atoms. The summed E-state index contributed by atoms with van der Waals surface area (Å²) in [5.74, 6) is 0.301. The second-order valence-corrected chi connectivity index (χ2v) is 14.8. The molecule has 16 heteroatoms. The number of rotatable bonds is 11. The Morgan fingerprint density at radius 3 is 1.30 bits per heavy atom. The number of nitrogens with zero attached hydrogens (tertiary/aromatic N) is 4. The molecule has 6 atom stereocenters. The summed E-state index contributed by atoms with van der Waals surface area (Å²) in [4.78, 5) is 68.4. The lowest BCUT2D eigenvalue weighted by atomic mass is 10.0. The molecule has 4 fully saturated rings. The number of carbonyl (C=O) groups is 4. The van der Waals surface area contributed by atoms with Crippen molar-refractivity contribution in [3.05, 3.63) is 72.6 Å². The zero-order valence-corrected chi connectivity index (χ0v) is 29.3. The Labute approximate surface area is 309 Å². The Morgan fingerprint density at radius 1 is 0.611 bits per heavy atom. The smallest absolute Gasteiger partial charge is 0.405 e. The average Bonchev–Trinajstić information content (AvgIpc) is 3.97. The average molecular weight is 739 g/mol. The molecule has 282 valence electrons. The topological polar surface area (TPSA) is 237 Å². The first-order valence-corrected chi connectivity index (χ1v) is 18.3. The quantitative estimate of drug-likeness (QED) is 0.111. The summed E-state index contributed by atoms with van der Waals surface area (Å²) < 4.78 is 0. The van der Waals surface area contributed by atoms with Crippen LogP contribution in [0.5, 0.6) is 0 Å². The summed E-state index contributed by atoms with van der Waals surface area (Å²) in [6.45, 7) is 0.219. The van der Waals surface area contributed by atoms with Crippen LogP contribution in [0.15, 0.2) is 60.9 Å². The number of carbonyl (C=O) groups excluding carboxylic acids is 2. The van der Waals surface area contributed by atoms with Gasteiger partial charge in [-0.1, -0.05) is 48.5 Å². The van der Waals surface area contributed by atoms with Crippen LogP contribution < -0.4 is 10.6 Å². The normalized spacial score (nSPS) is 23.6. The van der Waals surface area contributed by atoms with Crippen molar-refractivity contribution in [2.24, 2.45) is 11.8 Å². The maximum atomic E-state index is 13.4. The Hall–Kier alpha value is -5.74. The first-order valence-electron chi connectivity index (χ1n) is 18.3. The minimum atomic E-state index is -1.25. The van der Waals surface area contributed by atoms with Gasteiger partial charge in [-0.2, -0.15) is 0 Å². The van der Waals surface area contributed by atoms with Gasteiger partial charge in [0.25, 0.3) is 0 Å². The first kappa shape index (κ1) is 35.3. The van der Waals surface area contributed by atoms with Crippen LogP contribution in [0.1, 0.15) is 62.3 Å². The number of H-pyrrole nitrogens is 2. The molecular formula is C38H42N8O8. The first-order chi connectivity index (χ1) is 26.0. The van der Waals surface area contributed by atoms with Gasteiger partial charge in [-0.25, -0.2) is 19.6 Å². The highest BCUT2D eigenvalue weighted by Gasteiger charge is 2.46. The van der Waals surface area contributed by atoms with Crippen molar-refractivity contribution < 1.29 is 39.6 Å². The van der Waals surface area contributed by atoms with Crippen molar-refractivity contribution in [1.29, 1.82) is 0 Å². The van der Waals surface area contributed by atoms with Crippen LogP contribution in [0.4, 0.5) is 9.59 Å². The third-order valence-electron chi connectivity index (χ3n) is 10.9. The highest BCUT2D eigenvalue weighted by molar-refractivity contribution is 5.87. The van der Waals surface area contributed by atoms with Gasteiger partial charge in [0.2, 0.25) is 11.8 Å². The minimum Gasteiger partial charge on any atom is -0.465 e. The zero-order valence-electron chi connectivity index (χ0n) is 29.3. The van der Waals surface area contributed by atoms with Gasteiger partial charge in [0, 0.05) is 25.9 Å². The van der Waals surface area contributed by atoms with Crippen molar-refractivity contribution >= 4 is 24.0 Å². The monoisotopic (exact) mass is 738 g/mol. The molecule has 2 saturated heterocycles. The van der Waals surface area contributed by atoms with Gasteiger partial charge in [0.1, 0.15) is 23.7 Å². The summed E-state index contributed by atoms with van der Waals surface area (Å²) in [5, 5.41) is 44.3. The van der Waals surface area contributed by atoms with Gasteiger partial charge in [-0.15, -0.1) is 0 Å². The van der Waals surface area contributed by atoms with Crippen LogP contribution in [0.2, 0.25) is 0 Å². The lowest BCUT2D eigenvalue weighted by molar-refractivity contribution is -0.136. The molecule has 4 heterocycles. The van der Waals surface area contributed by atoms with Crippen LogP contribution in [0, 0.1) is 11.8 Å². The molecule has 4 aromatic rings. The van der Waals surface area contributed by atoms with Gasteiger partial charge < -0.3 is 50.8 Å². The summed E-state index contributed by atoms with van der Waals surface area (Å²) in [5.41, 5.74) is 5.22. The van der Waals surface area contributed by atoms with E-state index in [-0.39, 0.29) is 36.7 Å². The summed E-state index contributed by atoms with van der Waals surface area (Å²) in [7, 11) is 0. The van der Waals surface area contributed by atoms with E-state index >= 15 is 0 Å². The second kappa shape index (κ2) is 14.2. The van der Waals surface area contributed by atoms with Gasteiger partial charge in [0.05, 0.1) is 48.1 Å². The van der Waals surface area contributed by atoms with Crippen LogP contribution in [0.3, 0.4) is 0 Å². The number of benzene rings is 2. The van der Waals surface area contributed by atoms with Gasteiger partial charge in [-0.05, 0) is 59.8 Å². The molecule has 2 aliphatic carbocycles. The molecule has 4 aliphatic rings. The molecule has 54 heavy (non-hydrogen) atoms. The third kappa shape index (κ3) is 7.26. The summed E-state index contributed by atoms with van der Waals surface area (Å²) >= 11 is 0. The minimum absolute atomic E-state index is 0.0359. The molecule has 0 spiro atoms. The Balaban J connectivity index is 0.931.